The van der Waals surface area contributed by atoms with Gasteiger partial charge in [0.15, 0.2) is 0 Å². The minimum Gasteiger partial charge on any atom is -0.0885 e. The Labute approximate surface area is 146 Å². The first-order valence-electron chi connectivity index (χ1n) is 10.0. The summed E-state index contributed by atoms with van der Waals surface area (Å²) in [7, 11) is 0. The molecule has 0 radical (unpaired) electrons. The van der Waals surface area contributed by atoms with Crippen molar-refractivity contribution in [2.75, 3.05) is 0 Å². The van der Waals surface area contributed by atoms with Crippen LogP contribution in [0.4, 0.5) is 0 Å². The molecule has 0 unspecified atom stereocenters. The third kappa shape index (κ3) is 21.0. The van der Waals surface area contributed by atoms with E-state index in [9.17, 15) is 0 Å². The largest absolute Gasteiger partial charge is 0.0885 e. The Kier molecular flexibility index (Phi) is 20.0. The van der Waals surface area contributed by atoms with Gasteiger partial charge in [-0.05, 0) is 51.4 Å². The highest BCUT2D eigenvalue weighted by Gasteiger charge is 1.89. The maximum atomic E-state index is 2.38. The fourth-order valence-electron chi connectivity index (χ4n) is 2.44. The predicted octanol–water partition coefficient (Wildman–Crippen LogP) is 8.32. The number of hydrogen-bond acceptors (Lipinski definition) is 0. The zero-order valence-electron chi connectivity index (χ0n) is 15.8. The quantitative estimate of drug-likeness (QED) is 0.198. The van der Waals surface area contributed by atoms with Crippen LogP contribution in [-0.4, -0.2) is 0 Å². The summed E-state index contributed by atoms with van der Waals surface area (Å²) in [5.41, 5.74) is 0. The molecule has 0 aliphatic heterocycles. The second kappa shape index (κ2) is 21.0. The van der Waals surface area contributed by atoms with Crippen LogP contribution in [0, 0.1) is 0 Å². The van der Waals surface area contributed by atoms with Crippen molar-refractivity contribution in [1.82, 2.24) is 0 Å². The molecule has 23 heavy (non-hydrogen) atoms. The molecule has 0 saturated heterocycles. The van der Waals surface area contributed by atoms with Gasteiger partial charge in [0.1, 0.15) is 0 Å². The molecule has 0 saturated carbocycles. The summed E-state index contributed by atoms with van der Waals surface area (Å²) in [6.45, 7) is 4.43. The third-order valence-corrected chi connectivity index (χ3v) is 3.91. The van der Waals surface area contributed by atoms with E-state index in [2.05, 4.69) is 62.5 Å². The van der Waals surface area contributed by atoms with Crippen molar-refractivity contribution in [2.24, 2.45) is 0 Å². The molecule has 0 N–H and O–H groups in total. The van der Waals surface area contributed by atoms with E-state index in [1.807, 2.05) is 0 Å². The van der Waals surface area contributed by atoms with Crippen LogP contribution in [-0.2, 0) is 0 Å². The normalized spacial score (nSPS) is 12.6. The molecule has 0 heterocycles. The Bertz CT molecular complexity index is 317. The van der Waals surface area contributed by atoms with Crippen molar-refractivity contribution >= 4 is 0 Å². The molecule has 132 valence electrons. The Morgan fingerprint density at radius 1 is 0.435 bits per heavy atom. The highest BCUT2D eigenvalue weighted by molar-refractivity contribution is 4.96. The fourth-order valence-corrected chi connectivity index (χ4v) is 2.44. The summed E-state index contributed by atoms with van der Waals surface area (Å²) in [5.74, 6) is 0. The van der Waals surface area contributed by atoms with Crippen molar-refractivity contribution in [3.8, 4) is 0 Å². The van der Waals surface area contributed by atoms with Crippen LogP contribution in [0.2, 0.25) is 0 Å². The first kappa shape index (κ1) is 22.0. The lowest BCUT2D eigenvalue weighted by Gasteiger charge is -1.98. The summed E-state index contributed by atoms with van der Waals surface area (Å²) in [6.07, 6.45) is 35.1. The summed E-state index contributed by atoms with van der Waals surface area (Å²) in [4.78, 5) is 0. The highest BCUT2D eigenvalue weighted by atomic mass is 13.9. The average Bonchev–Trinajstić information content (AvgIpc) is 2.57. The molecular weight excluding hydrogens is 276 g/mol. The summed E-state index contributed by atoms with van der Waals surface area (Å²) >= 11 is 0. The van der Waals surface area contributed by atoms with E-state index >= 15 is 0 Å². The Balaban J connectivity index is 3.22. The van der Waals surface area contributed by atoms with E-state index in [0.29, 0.717) is 0 Å². The van der Waals surface area contributed by atoms with Crippen LogP contribution in [0.3, 0.4) is 0 Å². The van der Waals surface area contributed by atoms with Crippen molar-refractivity contribution in [3.63, 3.8) is 0 Å². The Morgan fingerprint density at radius 3 is 1.43 bits per heavy atom. The summed E-state index contributed by atoms with van der Waals surface area (Å²) in [5, 5.41) is 0. The van der Waals surface area contributed by atoms with E-state index in [1.165, 1.54) is 64.2 Å². The van der Waals surface area contributed by atoms with Gasteiger partial charge in [0.25, 0.3) is 0 Å². The first-order chi connectivity index (χ1) is 11.4. The lowest BCUT2D eigenvalue weighted by molar-refractivity contribution is 0.621. The number of allylic oxidation sites excluding steroid dienone is 8. The standard InChI is InChI=1S/C23H40/c1-3-5-7-9-11-13-15-17-19-21-23-22-20-18-16-14-12-10-8-6-4-2/h5,7,10-13,17,19H,3-4,6,8-9,14-16,18,20-23H2,1-2H3/b7-5-,12-10-,13-11-,19-17-. The van der Waals surface area contributed by atoms with Crippen molar-refractivity contribution in [3.05, 3.63) is 48.6 Å². The Morgan fingerprint density at radius 2 is 0.870 bits per heavy atom. The zero-order chi connectivity index (χ0) is 16.8. The molecule has 0 aliphatic rings. The van der Waals surface area contributed by atoms with Crippen LogP contribution >= 0.6 is 0 Å². The van der Waals surface area contributed by atoms with E-state index in [4.69, 9.17) is 0 Å². The average molecular weight is 317 g/mol. The fraction of sp³-hybridized carbons (Fsp3) is 0.652. The van der Waals surface area contributed by atoms with Gasteiger partial charge in [-0.25, -0.2) is 0 Å². The van der Waals surface area contributed by atoms with Gasteiger partial charge in [-0.3, -0.25) is 0 Å². The molecule has 0 aromatic carbocycles. The van der Waals surface area contributed by atoms with E-state index in [0.717, 1.165) is 19.3 Å². The number of hydrogen-bond donors (Lipinski definition) is 0. The van der Waals surface area contributed by atoms with Crippen molar-refractivity contribution in [1.29, 1.82) is 0 Å². The van der Waals surface area contributed by atoms with Gasteiger partial charge < -0.3 is 0 Å². The molecule has 0 aromatic rings. The lowest BCUT2D eigenvalue weighted by atomic mass is 10.1. The third-order valence-electron chi connectivity index (χ3n) is 3.91. The maximum absolute atomic E-state index is 2.38. The molecule has 0 amide bonds. The molecule has 0 rings (SSSR count). The van der Waals surface area contributed by atoms with Gasteiger partial charge >= 0.3 is 0 Å². The van der Waals surface area contributed by atoms with Crippen LogP contribution in [0.25, 0.3) is 0 Å². The molecule has 0 atom stereocenters. The molecule has 0 spiro atoms. The number of rotatable bonds is 16. The van der Waals surface area contributed by atoms with Crippen LogP contribution < -0.4 is 0 Å². The zero-order valence-corrected chi connectivity index (χ0v) is 15.8. The Hall–Kier alpha value is -1.04. The second-order valence-electron chi connectivity index (χ2n) is 6.25. The highest BCUT2D eigenvalue weighted by Crippen LogP contribution is 2.08. The molecule has 0 aliphatic carbocycles. The minimum atomic E-state index is 1.08. The molecule has 0 nitrogen and oxygen atoms in total. The van der Waals surface area contributed by atoms with E-state index in [1.54, 1.807) is 0 Å². The SMILES string of the molecule is CC/C=C\C/C=C\C/C=C\CCCCCCC/C=C\CCCC. The van der Waals surface area contributed by atoms with Gasteiger partial charge in [0, 0.05) is 0 Å². The van der Waals surface area contributed by atoms with Crippen LogP contribution in [0.15, 0.2) is 48.6 Å². The van der Waals surface area contributed by atoms with Gasteiger partial charge in [-0.2, -0.15) is 0 Å². The van der Waals surface area contributed by atoms with Crippen molar-refractivity contribution in [2.45, 2.75) is 97.3 Å². The minimum absolute atomic E-state index is 1.08. The molecule has 0 bridgehead atoms. The van der Waals surface area contributed by atoms with Gasteiger partial charge in [-0.1, -0.05) is 94.6 Å². The summed E-state index contributed by atoms with van der Waals surface area (Å²) < 4.78 is 0. The summed E-state index contributed by atoms with van der Waals surface area (Å²) in [6, 6.07) is 0. The molecular formula is C23H40. The van der Waals surface area contributed by atoms with Gasteiger partial charge in [0.2, 0.25) is 0 Å². The first-order valence-corrected chi connectivity index (χ1v) is 10.0. The van der Waals surface area contributed by atoms with E-state index < -0.39 is 0 Å². The topological polar surface area (TPSA) is 0 Å². The van der Waals surface area contributed by atoms with Crippen LogP contribution in [0.5, 0.6) is 0 Å². The molecule has 0 fully saturated rings. The van der Waals surface area contributed by atoms with Crippen molar-refractivity contribution < 1.29 is 0 Å². The van der Waals surface area contributed by atoms with Crippen LogP contribution in [0.1, 0.15) is 97.3 Å². The van der Waals surface area contributed by atoms with E-state index in [-0.39, 0.29) is 0 Å². The number of unbranched alkanes of at least 4 members (excludes halogenated alkanes) is 8. The lowest BCUT2D eigenvalue weighted by Crippen LogP contribution is -1.78. The maximum Gasteiger partial charge on any atom is -0.0169 e. The predicted molar refractivity (Wildman–Crippen MR) is 108 cm³/mol. The molecule has 0 heteroatoms. The monoisotopic (exact) mass is 316 g/mol. The van der Waals surface area contributed by atoms with Gasteiger partial charge in [0.05, 0.1) is 0 Å². The molecule has 0 aromatic heterocycles. The smallest absolute Gasteiger partial charge is 0.0169 e. The second-order valence-corrected chi connectivity index (χ2v) is 6.25. The van der Waals surface area contributed by atoms with Gasteiger partial charge in [-0.15, -0.1) is 0 Å².